The Labute approximate surface area is 204 Å². The molecule has 0 aliphatic carbocycles. The van der Waals surface area contributed by atoms with E-state index < -0.39 is 40.4 Å². The Morgan fingerprint density at radius 2 is 1.60 bits per heavy atom. The SMILES string of the molecule is CCOc1ccc([C@@H]2[C@H](N3C(=O)c4cccc([N+](=O)[O-])c4C3=O)C(=O)N2c2ccc(Cl)cc2)cc1. The number of nitrogens with zero attached hydrogens (tertiary/aromatic N) is 3. The highest BCUT2D eigenvalue weighted by Crippen LogP contribution is 2.45. The molecule has 1 saturated heterocycles. The summed E-state index contributed by atoms with van der Waals surface area (Å²) in [6.07, 6.45) is 0. The lowest BCUT2D eigenvalue weighted by Gasteiger charge is -2.49. The first kappa shape index (κ1) is 22.5. The van der Waals surface area contributed by atoms with E-state index in [1.54, 1.807) is 48.5 Å². The van der Waals surface area contributed by atoms with Crippen molar-refractivity contribution in [3.63, 3.8) is 0 Å². The van der Waals surface area contributed by atoms with Crippen molar-refractivity contribution in [3.8, 4) is 5.75 Å². The molecule has 0 spiro atoms. The van der Waals surface area contributed by atoms with Gasteiger partial charge in [-0.2, -0.15) is 0 Å². The minimum atomic E-state index is -1.17. The molecule has 3 amide bonds. The summed E-state index contributed by atoms with van der Waals surface area (Å²) in [6.45, 7) is 2.34. The number of carbonyl (C=O) groups excluding carboxylic acids is 3. The highest BCUT2D eigenvalue weighted by Gasteiger charge is 2.58. The first-order valence-corrected chi connectivity index (χ1v) is 11.2. The summed E-state index contributed by atoms with van der Waals surface area (Å²) in [5.41, 5.74) is 0.344. The molecule has 35 heavy (non-hydrogen) atoms. The van der Waals surface area contributed by atoms with Crippen LogP contribution < -0.4 is 9.64 Å². The van der Waals surface area contributed by atoms with E-state index in [4.69, 9.17) is 16.3 Å². The molecule has 0 radical (unpaired) electrons. The molecular weight excluding hydrogens is 474 g/mol. The smallest absolute Gasteiger partial charge is 0.282 e. The quantitative estimate of drug-likeness (QED) is 0.219. The molecule has 0 aromatic heterocycles. The van der Waals surface area contributed by atoms with Crippen molar-refractivity contribution in [1.82, 2.24) is 4.90 Å². The van der Waals surface area contributed by atoms with Gasteiger partial charge >= 0.3 is 0 Å². The number of fused-ring (bicyclic) bond motifs is 1. The maximum Gasteiger partial charge on any atom is 0.282 e. The number of halogens is 1. The van der Waals surface area contributed by atoms with E-state index in [2.05, 4.69) is 0 Å². The molecule has 1 fully saturated rings. The Morgan fingerprint density at radius 3 is 2.23 bits per heavy atom. The molecule has 2 aliphatic rings. The van der Waals surface area contributed by atoms with Crippen molar-refractivity contribution in [2.75, 3.05) is 11.5 Å². The molecule has 5 rings (SSSR count). The minimum Gasteiger partial charge on any atom is -0.494 e. The number of imide groups is 1. The van der Waals surface area contributed by atoms with Gasteiger partial charge in [0.25, 0.3) is 23.4 Å². The Bertz CT molecular complexity index is 1370. The van der Waals surface area contributed by atoms with Gasteiger partial charge in [-0.3, -0.25) is 29.4 Å². The molecule has 0 bridgehead atoms. The lowest BCUT2D eigenvalue weighted by atomic mass is 9.86. The van der Waals surface area contributed by atoms with Gasteiger partial charge in [0, 0.05) is 16.8 Å². The Hall–Kier alpha value is -4.24. The van der Waals surface area contributed by atoms with Crippen LogP contribution in [-0.4, -0.2) is 40.2 Å². The number of hydrogen-bond acceptors (Lipinski definition) is 6. The monoisotopic (exact) mass is 491 g/mol. The second-order valence-electron chi connectivity index (χ2n) is 8.01. The predicted octanol–water partition coefficient (Wildman–Crippen LogP) is 4.40. The van der Waals surface area contributed by atoms with Crippen molar-refractivity contribution in [3.05, 3.63) is 98.6 Å². The number of ether oxygens (including phenoxy) is 1. The molecule has 0 saturated carbocycles. The molecule has 3 aromatic rings. The number of hydrogen-bond donors (Lipinski definition) is 0. The number of rotatable bonds is 6. The second kappa shape index (κ2) is 8.52. The fraction of sp³-hybridized carbons (Fsp3) is 0.160. The van der Waals surface area contributed by atoms with Crippen LogP contribution in [0.5, 0.6) is 5.75 Å². The zero-order valence-corrected chi connectivity index (χ0v) is 19.1. The predicted molar refractivity (Wildman–Crippen MR) is 127 cm³/mol. The summed E-state index contributed by atoms with van der Waals surface area (Å²) in [6, 6.07) is 15.6. The second-order valence-corrected chi connectivity index (χ2v) is 8.45. The van der Waals surface area contributed by atoms with Crippen LogP contribution in [0.15, 0.2) is 66.7 Å². The maximum absolute atomic E-state index is 13.4. The number of nitro benzene ring substituents is 1. The van der Waals surface area contributed by atoms with Gasteiger partial charge in [0.05, 0.1) is 23.1 Å². The van der Waals surface area contributed by atoms with Gasteiger partial charge in [-0.15, -0.1) is 0 Å². The lowest BCUT2D eigenvalue weighted by molar-refractivity contribution is -0.385. The molecule has 2 aliphatic heterocycles. The van der Waals surface area contributed by atoms with Crippen molar-refractivity contribution in [2.45, 2.75) is 19.0 Å². The maximum atomic E-state index is 13.4. The summed E-state index contributed by atoms with van der Waals surface area (Å²) < 4.78 is 5.50. The van der Waals surface area contributed by atoms with Crippen molar-refractivity contribution >= 4 is 40.7 Å². The van der Waals surface area contributed by atoms with E-state index in [9.17, 15) is 24.5 Å². The third-order valence-electron chi connectivity index (χ3n) is 6.10. The standard InChI is InChI=1S/C25H18ClN3O6/c1-2-35-17-12-6-14(7-13-17)21-22(25(32)27(21)16-10-8-15(26)9-11-16)28-23(30)18-4-3-5-19(29(33)34)20(18)24(28)31/h3-13,21-22H,2H2,1H3/t21-,22+/m1/s1. The Balaban J connectivity index is 1.58. The van der Waals surface area contributed by atoms with Crippen LogP contribution in [0.1, 0.15) is 39.2 Å². The Kier molecular flexibility index (Phi) is 5.49. The van der Waals surface area contributed by atoms with E-state index in [0.717, 1.165) is 4.90 Å². The summed E-state index contributed by atoms with van der Waals surface area (Å²) >= 11 is 6.01. The molecule has 176 valence electrons. The van der Waals surface area contributed by atoms with Crippen molar-refractivity contribution < 1.29 is 24.0 Å². The summed E-state index contributed by atoms with van der Waals surface area (Å²) in [5.74, 6) is -1.45. The fourth-order valence-electron chi connectivity index (χ4n) is 4.56. The molecule has 2 heterocycles. The highest BCUT2D eigenvalue weighted by molar-refractivity contribution is 6.30. The molecule has 0 unspecified atom stereocenters. The molecular formula is C25H18ClN3O6. The summed E-state index contributed by atoms with van der Waals surface area (Å²) in [4.78, 5) is 53.1. The zero-order chi connectivity index (χ0) is 24.9. The zero-order valence-electron chi connectivity index (χ0n) is 18.4. The third-order valence-corrected chi connectivity index (χ3v) is 6.36. The van der Waals surface area contributed by atoms with Crippen LogP contribution >= 0.6 is 11.6 Å². The van der Waals surface area contributed by atoms with Gasteiger partial charge in [0.2, 0.25) is 0 Å². The highest BCUT2D eigenvalue weighted by atomic mass is 35.5. The van der Waals surface area contributed by atoms with Crippen LogP contribution in [0.3, 0.4) is 0 Å². The summed E-state index contributed by atoms with van der Waals surface area (Å²) in [5, 5.41) is 12.0. The summed E-state index contributed by atoms with van der Waals surface area (Å²) in [7, 11) is 0. The van der Waals surface area contributed by atoms with Crippen LogP contribution in [0.2, 0.25) is 5.02 Å². The number of nitro groups is 1. The molecule has 9 nitrogen and oxygen atoms in total. The number of anilines is 1. The average Bonchev–Trinajstić information content (AvgIpc) is 3.10. The fourth-order valence-corrected chi connectivity index (χ4v) is 4.69. The van der Waals surface area contributed by atoms with E-state index in [0.29, 0.717) is 28.6 Å². The van der Waals surface area contributed by atoms with Crippen LogP contribution in [0.25, 0.3) is 0 Å². The Morgan fingerprint density at radius 1 is 0.914 bits per heavy atom. The van der Waals surface area contributed by atoms with Crippen molar-refractivity contribution in [2.24, 2.45) is 0 Å². The van der Waals surface area contributed by atoms with Gasteiger partial charge in [-0.05, 0) is 55.0 Å². The molecule has 3 aromatic carbocycles. The van der Waals surface area contributed by atoms with Crippen LogP contribution in [-0.2, 0) is 4.79 Å². The van der Waals surface area contributed by atoms with Crippen LogP contribution in [0, 0.1) is 10.1 Å². The molecule has 2 atom stereocenters. The van der Waals surface area contributed by atoms with E-state index >= 15 is 0 Å². The van der Waals surface area contributed by atoms with Gasteiger partial charge in [0.1, 0.15) is 17.4 Å². The third kappa shape index (κ3) is 3.52. The average molecular weight is 492 g/mol. The molecule has 0 N–H and O–H groups in total. The first-order valence-electron chi connectivity index (χ1n) is 10.8. The van der Waals surface area contributed by atoms with Gasteiger partial charge in [0.15, 0.2) is 0 Å². The number of β-lactam (4-membered cyclic amide) rings is 1. The topological polar surface area (TPSA) is 110 Å². The number of amides is 3. The normalized spacial score (nSPS) is 19.0. The minimum absolute atomic E-state index is 0.0904. The number of benzene rings is 3. The van der Waals surface area contributed by atoms with Gasteiger partial charge in [-0.25, -0.2) is 0 Å². The van der Waals surface area contributed by atoms with Gasteiger partial charge in [-0.1, -0.05) is 29.8 Å². The van der Waals surface area contributed by atoms with E-state index in [-0.39, 0.29) is 11.1 Å². The van der Waals surface area contributed by atoms with E-state index in [1.165, 1.54) is 23.1 Å². The van der Waals surface area contributed by atoms with E-state index in [1.807, 2.05) is 6.92 Å². The van der Waals surface area contributed by atoms with Crippen LogP contribution in [0.4, 0.5) is 11.4 Å². The largest absolute Gasteiger partial charge is 0.494 e. The molecule has 10 heteroatoms. The van der Waals surface area contributed by atoms with Gasteiger partial charge < -0.3 is 9.64 Å². The first-order chi connectivity index (χ1) is 16.8. The van der Waals surface area contributed by atoms with Crippen molar-refractivity contribution in [1.29, 1.82) is 0 Å². The lowest BCUT2D eigenvalue weighted by Crippen LogP contribution is -2.67. The number of carbonyl (C=O) groups is 3.